The summed E-state index contributed by atoms with van der Waals surface area (Å²) in [5.74, 6) is 0. The van der Waals surface area contributed by atoms with Crippen LogP contribution in [0.1, 0.15) is 27.2 Å². The molecule has 0 aromatic heterocycles. The number of aliphatic hydroxyl groups excluding tert-OH is 1. The van der Waals surface area contributed by atoms with Crippen molar-refractivity contribution < 1.29 is 5.11 Å². The monoisotopic (exact) mass is 243 g/mol. The molecule has 2 N–H and O–H groups in total. The summed E-state index contributed by atoms with van der Waals surface area (Å²) in [7, 11) is 2.20. The Morgan fingerprint density at radius 3 is 2.35 bits per heavy atom. The smallest absolute Gasteiger partial charge is 0.0597 e. The molecule has 102 valence electrons. The van der Waals surface area contributed by atoms with Gasteiger partial charge in [-0.25, -0.2) is 0 Å². The zero-order valence-corrected chi connectivity index (χ0v) is 11.8. The zero-order chi connectivity index (χ0) is 12.8. The number of hydrogen-bond acceptors (Lipinski definition) is 4. The van der Waals surface area contributed by atoms with Gasteiger partial charge >= 0.3 is 0 Å². The van der Waals surface area contributed by atoms with Gasteiger partial charge in [0.15, 0.2) is 0 Å². The normalized spacial score (nSPS) is 29.5. The molecule has 1 aliphatic rings. The van der Waals surface area contributed by atoms with Crippen molar-refractivity contribution in [1.82, 2.24) is 15.1 Å². The average molecular weight is 243 g/mol. The van der Waals surface area contributed by atoms with Crippen molar-refractivity contribution in [2.75, 3.05) is 39.8 Å². The van der Waals surface area contributed by atoms with Crippen LogP contribution in [0.25, 0.3) is 0 Å². The van der Waals surface area contributed by atoms with Gasteiger partial charge in [0.1, 0.15) is 0 Å². The van der Waals surface area contributed by atoms with Crippen LogP contribution in [0.4, 0.5) is 0 Å². The molecule has 0 bridgehead atoms. The molecule has 0 aromatic rings. The standard InChI is InChI=1S/C13H29N3O/c1-5-6-14-13(10-17)9-16-7-11(2)15(4)12(3)8-16/h11-14,17H,5-10H2,1-4H3. The molecule has 4 nitrogen and oxygen atoms in total. The minimum absolute atomic E-state index is 0.220. The van der Waals surface area contributed by atoms with E-state index in [9.17, 15) is 5.11 Å². The topological polar surface area (TPSA) is 38.7 Å². The van der Waals surface area contributed by atoms with Crippen molar-refractivity contribution in [2.45, 2.75) is 45.3 Å². The predicted octanol–water partition coefficient (Wildman–Crippen LogP) is 0.371. The molecule has 0 aromatic carbocycles. The molecule has 0 spiro atoms. The fraction of sp³-hybridized carbons (Fsp3) is 1.00. The molecule has 0 amide bonds. The Hall–Kier alpha value is -0.160. The van der Waals surface area contributed by atoms with Gasteiger partial charge in [0, 0.05) is 37.8 Å². The zero-order valence-electron chi connectivity index (χ0n) is 11.8. The van der Waals surface area contributed by atoms with Crippen molar-refractivity contribution in [2.24, 2.45) is 0 Å². The molecule has 1 saturated heterocycles. The Labute approximate surface area is 106 Å². The molecule has 1 aliphatic heterocycles. The lowest BCUT2D eigenvalue weighted by Crippen LogP contribution is -2.57. The van der Waals surface area contributed by atoms with Crippen molar-refractivity contribution >= 4 is 0 Å². The number of nitrogens with zero attached hydrogens (tertiary/aromatic N) is 2. The van der Waals surface area contributed by atoms with E-state index >= 15 is 0 Å². The Bertz CT molecular complexity index is 201. The summed E-state index contributed by atoms with van der Waals surface area (Å²) < 4.78 is 0. The predicted molar refractivity (Wildman–Crippen MR) is 72.3 cm³/mol. The SMILES string of the molecule is CCCNC(CO)CN1CC(C)N(C)C(C)C1. The molecule has 1 heterocycles. The van der Waals surface area contributed by atoms with Crippen LogP contribution in [0.5, 0.6) is 0 Å². The molecule has 0 aliphatic carbocycles. The molecular weight excluding hydrogens is 214 g/mol. The van der Waals surface area contributed by atoms with Gasteiger partial charge in [-0.1, -0.05) is 6.92 Å². The molecule has 3 atom stereocenters. The van der Waals surface area contributed by atoms with E-state index in [-0.39, 0.29) is 12.6 Å². The summed E-state index contributed by atoms with van der Waals surface area (Å²) in [4.78, 5) is 4.91. The minimum Gasteiger partial charge on any atom is -0.395 e. The van der Waals surface area contributed by atoms with E-state index in [1.807, 2.05) is 0 Å². The second kappa shape index (κ2) is 7.31. The van der Waals surface area contributed by atoms with Crippen LogP contribution in [-0.2, 0) is 0 Å². The number of rotatable bonds is 6. The quantitative estimate of drug-likeness (QED) is 0.707. The van der Waals surface area contributed by atoms with Crippen LogP contribution in [0.2, 0.25) is 0 Å². The first-order valence-electron chi connectivity index (χ1n) is 6.87. The number of likely N-dealkylation sites (N-methyl/N-ethyl adjacent to an activating group) is 1. The fourth-order valence-corrected chi connectivity index (χ4v) is 2.51. The highest BCUT2D eigenvalue weighted by molar-refractivity contribution is 4.84. The van der Waals surface area contributed by atoms with Crippen LogP contribution in [0.15, 0.2) is 0 Å². The van der Waals surface area contributed by atoms with Crippen LogP contribution in [-0.4, -0.2) is 72.9 Å². The third-order valence-corrected chi connectivity index (χ3v) is 3.82. The van der Waals surface area contributed by atoms with Crippen molar-refractivity contribution in [3.8, 4) is 0 Å². The summed E-state index contributed by atoms with van der Waals surface area (Å²) in [6.45, 7) is 11.1. The molecule has 17 heavy (non-hydrogen) atoms. The van der Waals surface area contributed by atoms with E-state index in [2.05, 4.69) is 42.9 Å². The molecule has 1 rings (SSSR count). The highest BCUT2D eigenvalue weighted by Crippen LogP contribution is 2.13. The fourth-order valence-electron chi connectivity index (χ4n) is 2.51. The van der Waals surface area contributed by atoms with E-state index in [1.54, 1.807) is 0 Å². The van der Waals surface area contributed by atoms with Gasteiger partial charge in [-0.05, 0) is 33.9 Å². The van der Waals surface area contributed by atoms with E-state index in [0.717, 1.165) is 32.6 Å². The van der Waals surface area contributed by atoms with E-state index < -0.39 is 0 Å². The first-order valence-corrected chi connectivity index (χ1v) is 6.87. The van der Waals surface area contributed by atoms with Gasteiger partial charge in [0.25, 0.3) is 0 Å². The second-order valence-electron chi connectivity index (χ2n) is 5.42. The second-order valence-corrected chi connectivity index (χ2v) is 5.42. The van der Waals surface area contributed by atoms with Crippen molar-refractivity contribution in [3.63, 3.8) is 0 Å². The summed E-state index contributed by atoms with van der Waals surface area (Å²) in [6.07, 6.45) is 1.12. The Kier molecular flexibility index (Phi) is 6.41. The average Bonchev–Trinajstić information content (AvgIpc) is 2.31. The Morgan fingerprint density at radius 2 is 1.88 bits per heavy atom. The van der Waals surface area contributed by atoms with Crippen LogP contribution >= 0.6 is 0 Å². The summed E-state index contributed by atoms with van der Waals surface area (Å²) in [5.41, 5.74) is 0. The van der Waals surface area contributed by atoms with Crippen LogP contribution in [0, 0.1) is 0 Å². The lowest BCUT2D eigenvalue weighted by Gasteiger charge is -2.43. The van der Waals surface area contributed by atoms with Crippen molar-refractivity contribution in [1.29, 1.82) is 0 Å². The Balaban J connectivity index is 2.39. The van der Waals surface area contributed by atoms with Crippen molar-refractivity contribution in [3.05, 3.63) is 0 Å². The summed E-state index contributed by atoms with van der Waals surface area (Å²) in [6, 6.07) is 1.42. The molecule has 0 saturated carbocycles. The highest BCUT2D eigenvalue weighted by Gasteiger charge is 2.27. The van der Waals surface area contributed by atoms with E-state index in [1.165, 1.54) is 0 Å². The largest absolute Gasteiger partial charge is 0.395 e. The summed E-state index contributed by atoms with van der Waals surface area (Å²) in [5, 5.41) is 12.8. The number of piperazine rings is 1. The minimum atomic E-state index is 0.220. The Morgan fingerprint density at radius 1 is 1.29 bits per heavy atom. The summed E-state index contributed by atoms with van der Waals surface area (Å²) >= 11 is 0. The molecule has 0 radical (unpaired) electrons. The lowest BCUT2D eigenvalue weighted by atomic mass is 10.1. The van der Waals surface area contributed by atoms with Crippen LogP contribution < -0.4 is 5.32 Å². The lowest BCUT2D eigenvalue weighted by molar-refractivity contribution is 0.0490. The van der Waals surface area contributed by atoms with Crippen LogP contribution in [0.3, 0.4) is 0 Å². The molecule has 3 unspecified atom stereocenters. The first kappa shape index (κ1) is 14.9. The third-order valence-electron chi connectivity index (χ3n) is 3.82. The van der Waals surface area contributed by atoms with Gasteiger partial charge < -0.3 is 10.4 Å². The number of nitrogens with one attached hydrogen (secondary N) is 1. The van der Waals surface area contributed by atoms with E-state index in [0.29, 0.717) is 12.1 Å². The van der Waals surface area contributed by atoms with Gasteiger partial charge in [-0.2, -0.15) is 0 Å². The molecule has 4 heteroatoms. The van der Waals surface area contributed by atoms with Gasteiger partial charge in [0.05, 0.1) is 6.61 Å². The van der Waals surface area contributed by atoms with E-state index in [4.69, 9.17) is 0 Å². The first-order chi connectivity index (χ1) is 8.08. The molecular formula is C13H29N3O. The van der Waals surface area contributed by atoms with Gasteiger partial charge in [-0.3, -0.25) is 9.80 Å². The highest BCUT2D eigenvalue weighted by atomic mass is 16.3. The third kappa shape index (κ3) is 4.54. The van der Waals surface area contributed by atoms with Gasteiger partial charge in [0.2, 0.25) is 0 Å². The maximum atomic E-state index is 9.37. The molecule has 1 fully saturated rings. The number of aliphatic hydroxyl groups is 1. The number of hydrogen-bond donors (Lipinski definition) is 2. The maximum Gasteiger partial charge on any atom is 0.0597 e. The van der Waals surface area contributed by atoms with Gasteiger partial charge in [-0.15, -0.1) is 0 Å². The maximum absolute atomic E-state index is 9.37.